The first-order chi connectivity index (χ1) is 8.21. The van der Waals surface area contributed by atoms with Crippen LogP contribution in [-0.4, -0.2) is 87.4 Å². The van der Waals surface area contributed by atoms with Crippen molar-refractivity contribution in [2.75, 3.05) is 78.4 Å². The van der Waals surface area contributed by atoms with Crippen molar-refractivity contribution < 1.29 is 8.97 Å². The Bertz CT molecular complexity index is 173. The summed E-state index contributed by atoms with van der Waals surface area (Å²) in [7, 11) is 13.6. The molecule has 0 aliphatic heterocycles. The average Bonchev–Trinajstić information content (AvgIpc) is 2.17. The molecule has 0 unspecified atom stereocenters. The van der Waals surface area contributed by atoms with Crippen molar-refractivity contribution in [2.45, 2.75) is 12.8 Å². The highest BCUT2D eigenvalue weighted by atomic mass is 32.2. The molecule has 0 rings (SSSR count). The zero-order valence-electron chi connectivity index (χ0n) is 13.4. The van der Waals surface area contributed by atoms with Gasteiger partial charge < -0.3 is 8.97 Å². The smallest absolute Gasteiger partial charge is 0.0872 e. The highest BCUT2D eigenvalue weighted by molar-refractivity contribution is 8.02. The largest absolute Gasteiger partial charge is 0.331 e. The molecule has 0 saturated carbocycles. The molecule has 0 bridgehead atoms. The van der Waals surface area contributed by atoms with Gasteiger partial charge in [-0.2, -0.15) is 23.5 Å². The summed E-state index contributed by atoms with van der Waals surface area (Å²) < 4.78 is 2.19. The third kappa shape index (κ3) is 16.6. The number of hydrogen-bond acceptors (Lipinski definition) is 2. The SMILES string of the molecule is C[N+](C)(C)CCCCSCCSCC[N+](C)(C)C. The number of unbranched alkanes of at least 4 members (excludes halogenated alkanes) is 1. The molecular weight excluding hydrogens is 260 g/mol. The molecule has 0 saturated heterocycles. The lowest BCUT2D eigenvalue weighted by Gasteiger charge is -2.23. The maximum Gasteiger partial charge on any atom is 0.0872 e. The third-order valence-corrected chi connectivity index (χ3v) is 4.94. The van der Waals surface area contributed by atoms with Crippen molar-refractivity contribution in [3.63, 3.8) is 0 Å². The van der Waals surface area contributed by atoms with Gasteiger partial charge in [0.1, 0.15) is 0 Å². The lowest BCUT2D eigenvalue weighted by atomic mass is 10.3. The minimum atomic E-state index is 1.09. The highest BCUT2D eigenvalue weighted by Crippen LogP contribution is 2.10. The Morgan fingerprint density at radius 1 is 0.556 bits per heavy atom. The Balaban J connectivity index is 3.13. The fourth-order valence-corrected chi connectivity index (χ4v) is 3.89. The first-order valence-electron chi connectivity index (χ1n) is 6.97. The average molecular weight is 295 g/mol. The molecule has 0 aromatic heterocycles. The van der Waals surface area contributed by atoms with Crippen LogP contribution in [0.2, 0.25) is 0 Å². The summed E-state index contributed by atoms with van der Waals surface area (Å²) in [5.41, 5.74) is 0. The minimum absolute atomic E-state index is 1.09. The summed E-state index contributed by atoms with van der Waals surface area (Å²) in [5, 5.41) is 0. The van der Waals surface area contributed by atoms with Crippen LogP contribution in [-0.2, 0) is 0 Å². The fraction of sp³-hybridized carbons (Fsp3) is 1.00. The fourth-order valence-electron chi connectivity index (χ4n) is 1.45. The van der Waals surface area contributed by atoms with Crippen LogP contribution in [0.15, 0.2) is 0 Å². The maximum absolute atomic E-state index is 2.28. The number of hydrogen-bond donors (Lipinski definition) is 0. The zero-order valence-corrected chi connectivity index (χ0v) is 15.0. The third-order valence-electron chi connectivity index (χ3n) is 2.65. The molecule has 110 valence electrons. The Labute approximate surface area is 124 Å². The van der Waals surface area contributed by atoms with E-state index in [4.69, 9.17) is 0 Å². The summed E-state index contributed by atoms with van der Waals surface area (Å²) in [6.07, 6.45) is 2.74. The monoisotopic (exact) mass is 294 g/mol. The molecule has 0 fully saturated rings. The van der Waals surface area contributed by atoms with Gasteiger partial charge in [0.2, 0.25) is 0 Å². The van der Waals surface area contributed by atoms with Crippen LogP contribution < -0.4 is 0 Å². The predicted octanol–water partition coefficient (Wildman–Crippen LogP) is 2.65. The molecule has 0 amide bonds. The first kappa shape index (κ1) is 18.6. The van der Waals surface area contributed by atoms with Gasteiger partial charge in [-0.15, -0.1) is 0 Å². The lowest BCUT2D eigenvalue weighted by Crippen LogP contribution is -2.36. The quantitative estimate of drug-likeness (QED) is 0.424. The van der Waals surface area contributed by atoms with Crippen LogP contribution >= 0.6 is 23.5 Å². The van der Waals surface area contributed by atoms with Crippen LogP contribution in [0.1, 0.15) is 12.8 Å². The van der Waals surface area contributed by atoms with Crippen LogP contribution in [0.4, 0.5) is 0 Å². The van der Waals surface area contributed by atoms with Gasteiger partial charge in [-0.1, -0.05) is 0 Å². The van der Waals surface area contributed by atoms with Crippen molar-refractivity contribution >= 4 is 23.5 Å². The second kappa shape index (κ2) is 9.51. The topological polar surface area (TPSA) is 0 Å². The van der Waals surface area contributed by atoms with Crippen molar-refractivity contribution in [1.82, 2.24) is 0 Å². The molecule has 0 heterocycles. The Morgan fingerprint density at radius 3 is 1.56 bits per heavy atom. The minimum Gasteiger partial charge on any atom is -0.331 e. The number of thioether (sulfide) groups is 2. The molecule has 0 aliphatic carbocycles. The van der Waals surface area contributed by atoms with E-state index in [-0.39, 0.29) is 0 Å². The van der Waals surface area contributed by atoms with Gasteiger partial charge in [0.25, 0.3) is 0 Å². The summed E-state index contributed by atoms with van der Waals surface area (Å²) in [6, 6.07) is 0. The van der Waals surface area contributed by atoms with Gasteiger partial charge in [-0.25, -0.2) is 0 Å². The number of quaternary nitrogens is 2. The second-order valence-corrected chi connectivity index (χ2v) is 9.41. The molecule has 4 heteroatoms. The van der Waals surface area contributed by atoms with Gasteiger partial charge in [0.15, 0.2) is 0 Å². The van der Waals surface area contributed by atoms with E-state index in [0.717, 1.165) is 8.97 Å². The Hall–Kier alpha value is 0.620. The van der Waals surface area contributed by atoms with Crippen LogP contribution in [0.5, 0.6) is 0 Å². The number of nitrogens with zero attached hydrogens (tertiary/aromatic N) is 2. The van der Waals surface area contributed by atoms with Gasteiger partial charge in [0, 0.05) is 17.3 Å². The van der Waals surface area contributed by atoms with Gasteiger partial charge in [-0.3, -0.25) is 0 Å². The summed E-state index contributed by atoms with van der Waals surface area (Å²) in [6.45, 7) is 2.58. The molecule has 0 N–H and O–H groups in total. The maximum atomic E-state index is 2.28. The highest BCUT2D eigenvalue weighted by Gasteiger charge is 2.06. The molecular formula is C14H34N2S2+2. The molecule has 0 atom stereocenters. The van der Waals surface area contributed by atoms with E-state index in [0.29, 0.717) is 0 Å². The molecule has 18 heavy (non-hydrogen) atoms. The first-order valence-corrected chi connectivity index (χ1v) is 9.28. The molecule has 2 nitrogen and oxygen atoms in total. The van der Waals surface area contributed by atoms with E-state index < -0.39 is 0 Å². The lowest BCUT2D eigenvalue weighted by molar-refractivity contribution is -0.870. The van der Waals surface area contributed by atoms with E-state index in [2.05, 4.69) is 65.8 Å². The molecule has 0 aromatic rings. The van der Waals surface area contributed by atoms with E-state index in [9.17, 15) is 0 Å². The predicted molar refractivity (Wildman–Crippen MR) is 89.7 cm³/mol. The molecule has 0 aromatic carbocycles. The zero-order chi connectivity index (χ0) is 14.1. The number of rotatable bonds is 11. The van der Waals surface area contributed by atoms with Crippen LogP contribution in [0, 0.1) is 0 Å². The Morgan fingerprint density at radius 2 is 1.06 bits per heavy atom. The van der Waals surface area contributed by atoms with Gasteiger partial charge >= 0.3 is 0 Å². The molecule has 0 aliphatic rings. The summed E-state index contributed by atoms with van der Waals surface area (Å²) in [4.78, 5) is 0. The summed E-state index contributed by atoms with van der Waals surface area (Å²) >= 11 is 4.24. The second-order valence-electron chi connectivity index (χ2n) is 6.96. The van der Waals surface area contributed by atoms with Crippen LogP contribution in [0.3, 0.4) is 0 Å². The standard InChI is InChI=1S/C14H34N2S2/c1-15(2,3)9-7-8-11-17-13-14-18-12-10-16(4,5)6/h7-14H2,1-6H3/q+2. The van der Waals surface area contributed by atoms with E-state index in [1.54, 1.807) is 0 Å². The normalized spacial score (nSPS) is 13.0. The van der Waals surface area contributed by atoms with Crippen molar-refractivity contribution in [3.8, 4) is 0 Å². The van der Waals surface area contributed by atoms with E-state index >= 15 is 0 Å². The van der Waals surface area contributed by atoms with Gasteiger partial charge in [0.05, 0.1) is 55.4 Å². The van der Waals surface area contributed by atoms with Crippen molar-refractivity contribution in [3.05, 3.63) is 0 Å². The van der Waals surface area contributed by atoms with E-state index in [1.807, 2.05) is 0 Å². The van der Waals surface area contributed by atoms with Gasteiger partial charge in [-0.05, 0) is 18.6 Å². The van der Waals surface area contributed by atoms with E-state index in [1.165, 1.54) is 48.9 Å². The Kier molecular flexibility index (Phi) is 9.84. The van der Waals surface area contributed by atoms with Crippen molar-refractivity contribution in [1.29, 1.82) is 0 Å². The molecule has 0 radical (unpaired) electrons. The van der Waals surface area contributed by atoms with Crippen molar-refractivity contribution in [2.24, 2.45) is 0 Å². The summed E-state index contributed by atoms with van der Waals surface area (Å²) in [5.74, 6) is 5.29. The molecule has 0 spiro atoms. The van der Waals surface area contributed by atoms with Crippen LogP contribution in [0.25, 0.3) is 0 Å².